The molecule has 0 radical (unpaired) electrons. The summed E-state index contributed by atoms with van der Waals surface area (Å²) in [4.78, 5) is 41.3. The fraction of sp³-hybridized carbons (Fsp3) is 0.342. The molecule has 256 valence electrons. The van der Waals surface area contributed by atoms with E-state index < -0.39 is 62.3 Å². The van der Waals surface area contributed by atoms with Crippen molar-refractivity contribution in [2.45, 2.75) is 80.5 Å². The number of fused-ring (bicyclic) bond motifs is 1. The van der Waals surface area contributed by atoms with Crippen LogP contribution in [-0.4, -0.2) is 69.3 Å². The Bertz CT molecular complexity index is 1820. The molecule has 0 bridgehead atoms. The number of hydrogen-bond acceptors (Lipinski definition) is 7. The van der Waals surface area contributed by atoms with Gasteiger partial charge >= 0.3 is 295 Å². The van der Waals surface area contributed by atoms with Gasteiger partial charge in [0.2, 0.25) is 0 Å². The first kappa shape index (κ1) is 35.0. The molecular formula is C38H42N2O7SeSi. The number of H-pyrrole nitrogens is 1. The van der Waals surface area contributed by atoms with E-state index in [2.05, 4.69) is 37.9 Å². The van der Waals surface area contributed by atoms with Crippen LogP contribution in [0.1, 0.15) is 42.9 Å². The van der Waals surface area contributed by atoms with Gasteiger partial charge in [-0.2, -0.15) is 0 Å². The van der Waals surface area contributed by atoms with Crippen LogP contribution in [0.3, 0.4) is 0 Å². The minimum atomic E-state index is -2.31. The number of nitrogens with zero attached hydrogens (tertiary/aromatic N) is 1. The molecule has 2 aliphatic rings. The summed E-state index contributed by atoms with van der Waals surface area (Å²) in [5.74, 6) is -0.462. The number of aromatic nitrogens is 2. The van der Waals surface area contributed by atoms with Gasteiger partial charge in [-0.25, -0.2) is 0 Å². The van der Waals surface area contributed by atoms with Crippen molar-refractivity contribution in [3.63, 3.8) is 0 Å². The van der Waals surface area contributed by atoms with Gasteiger partial charge in [0.1, 0.15) is 0 Å². The predicted octanol–water partition coefficient (Wildman–Crippen LogP) is 5.35. The number of carbonyl (C=O) groups excluding carboxylic acids is 1. The van der Waals surface area contributed by atoms with Gasteiger partial charge < -0.3 is 0 Å². The summed E-state index contributed by atoms with van der Waals surface area (Å²) in [6, 6.07) is 33.0. The number of ether oxygens (including phenoxy) is 3. The second-order valence-corrected chi connectivity index (χ2v) is 19.7. The molecule has 6 rings (SSSR count). The predicted molar refractivity (Wildman–Crippen MR) is 193 cm³/mol. The Morgan fingerprint density at radius 1 is 0.837 bits per heavy atom. The van der Waals surface area contributed by atoms with Crippen LogP contribution in [0, 0.1) is 0 Å². The van der Waals surface area contributed by atoms with Crippen molar-refractivity contribution in [1.82, 2.24) is 9.55 Å². The van der Waals surface area contributed by atoms with E-state index in [4.69, 9.17) is 18.6 Å². The normalized spacial score (nSPS) is 25.2. The van der Waals surface area contributed by atoms with E-state index in [0.29, 0.717) is 5.56 Å². The van der Waals surface area contributed by atoms with Crippen molar-refractivity contribution in [2.75, 3.05) is 0 Å². The third-order valence-electron chi connectivity index (χ3n) is 9.50. The average Bonchev–Trinajstić information content (AvgIpc) is 3.48. The van der Waals surface area contributed by atoms with E-state index in [9.17, 15) is 14.4 Å². The molecule has 11 heteroatoms. The summed E-state index contributed by atoms with van der Waals surface area (Å²) >= 11 is -0.221. The summed E-state index contributed by atoms with van der Waals surface area (Å²) in [6.45, 7) is 6.43. The van der Waals surface area contributed by atoms with Gasteiger partial charge in [0.25, 0.3) is 0 Å². The Hall–Kier alpha value is -3.83. The second kappa shape index (κ2) is 15.8. The number of carbonyl (C=O) groups is 1. The molecule has 7 atom stereocenters. The molecule has 1 aromatic heterocycles. The van der Waals surface area contributed by atoms with Gasteiger partial charge in [0.15, 0.2) is 0 Å². The number of aromatic amines is 1. The number of hydrogen-bond donors (Lipinski definition) is 1. The Morgan fingerprint density at radius 2 is 1.45 bits per heavy atom. The van der Waals surface area contributed by atoms with Gasteiger partial charge in [-0.15, -0.1) is 0 Å². The Labute approximate surface area is 293 Å². The van der Waals surface area contributed by atoms with Crippen LogP contribution in [0.15, 0.2) is 119 Å². The van der Waals surface area contributed by atoms with E-state index >= 15 is 0 Å². The zero-order valence-electron chi connectivity index (χ0n) is 27.8. The van der Waals surface area contributed by atoms with Crippen molar-refractivity contribution in [3.05, 3.63) is 141 Å². The molecule has 1 N–H and O–H groups in total. The average molecular weight is 746 g/mol. The molecule has 0 unspecified atom stereocenters. The Balaban J connectivity index is 1.48. The standard InChI is InChI=1S/C38H42N2O7SeSi/c1-4-49(5-2,6-3)47-34-32-31(45-36(34)40-25-24-30(41)39-38(40)43)33(46-37(42)27-18-12-8-13-19-27)35(48-28-20-14-9-15-21-28)29(44-32)23-22-26-16-10-7-11-17-26/h7-25,29,31-36H,4-6H2,1-3H3,(H,39,41,43)/b23-22+/t29-,31+,32-,33-,34-,35-,36-/m1/s1. The first-order valence-corrected chi connectivity index (χ1v) is 21.2. The number of rotatable bonds is 12. The van der Waals surface area contributed by atoms with Crippen LogP contribution < -0.4 is 15.7 Å². The zero-order valence-corrected chi connectivity index (χ0v) is 30.6. The topological polar surface area (TPSA) is 109 Å². The Morgan fingerprint density at radius 3 is 2.08 bits per heavy atom. The van der Waals surface area contributed by atoms with Crippen molar-refractivity contribution >= 4 is 39.8 Å². The van der Waals surface area contributed by atoms with Crippen molar-refractivity contribution in [1.29, 1.82) is 0 Å². The van der Waals surface area contributed by atoms with Crippen molar-refractivity contribution in [2.24, 2.45) is 0 Å². The molecule has 9 nitrogen and oxygen atoms in total. The van der Waals surface area contributed by atoms with Gasteiger partial charge in [-0.3, -0.25) is 0 Å². The van der Waals surface area contributed by atoms with E-state index in [1.807, 2.05) is 66.7 Å². The first-order valence-electron chi connectivity index (χ1n) is 16.9. The third kappa shape index (κ3) is 7.83. The van der Waals surface area contributed by atoms with Gasteiger partial charge in [-0.05, 0) is 0 Å². The molecular weight excluding hydrogens is 703 g/mol. The number of esters is 1. The zero-order chi connectivity index (χ0) is 34.4. The maximum absolute atomic E-state index is 13.8. The molecule has 2 aliphatic heterocycles. The summed E-state index contributed by atoms with van der Waals surface area (Å²) < 4.78 is 30.0. The SMILES string of the molecule is CC[Si](CC)(CC)O[C@@H]1[C@@H]2O[C@H](/C=C/c3ccccc3)[C@@H]([Se]c3ccccc3)[C@H](OC(=O)c3ccccc3)[C@H]2O[C@H]1n1ccc(=O)[nH]c1=O. The first-order chi connectivity index (χ1) is 23.8. The van der Waals surface area contributed by atoms with Crippen molar-refractivity contribution in [3.8, 4) is 0 Å². The Kier molecular flexibility index (Phi) is 11.3. The molecule has 3 heterocycles. The van der Waals surface area contributed by atoms with Crippen LogP contribution in [-0.2, 0) is 18.6 Å². The monoisotopic (exact) mass is 746 g/mol. The van der Waals surface area contributed by atoms with Crippen LogP contribution in [0.5, 0.6) is 0 Å². The summed E-state index contributed by atoms with van der Waals surface area (Å²) in [6.07, 6.45) is 1.25. The molecule has 0 spiro atoms. The van der Waals surface area contributed by atoms with E-state index in [1.54, 1.807) is 24.3 Å². The maximum atomic E-state index is 13.8. The van der Waals surface area contributed by atoms with Crippen LogP contribution in [0.25, 0.3) is 6.08 Å². The third-order valence-corrected chi connectivity index (χ3v) is 17.0. The number of benzene rings is 3. The van der Waals surface area contributed by atoms with Gasteiger partial charge in [0, 0.05) is 0 Å². The van der Waals surface area contributed by atoms with Crippen molar-refractivity contribution < 1.29 is 23.4 Å². The van der Waals surface area contributed by atoms with E-state index in [-0.39, 0.29) is 19.8 Å². The molecule has 0 saturated carbocycles. The van der Waals surface area contributed by atoms with E-state index in [1.165, 1.54) is 16.8 Å². The molecule has 49 heavy (non-hydrogen) atoms. The molecule has 4 aromatic rings. The van der Waals surface area contributed by atoms with Crippen LogP contribution >= 0.6 is 0 Å². The quantitative estimate of drug-likeness (QED) is 0.154. The fourth-order valence-electron chi connectivity index (χ4n) is 6.60. The van der Waals surface area contributed by atoms with Crippen LogP contribution in [0.4, 0.5) is 0 Å². The molecule has 2 fully saturated rings. The second-order valence-electron chi connectivity index (χ2n) is 12.3. The summed E-state index contributed by atoms with van der Waals surface area (Å²) in [7, 11) is -2.31. The molecule has 3 aromatic carbocycles. The fourth-order valence-corrected chi connectivity index (χ4v) is 12.1. The molecule has 2 saturated heterocycles. The summed E-state index contributed by atoms with van der Waals surface area (Å²) in [5, 5.41) is 0. The van der Waals surface area contributed by atoms with Gasteiger partial charge in [-0.1, -0.05) is 0 Å². The summed E-state index contributed by atoms with van der Waals surface area (Å²) in [5.41, 5.74) is 0.335. The molecule has 0 aliphatic carbocycles. The number of nitrogens with one attached hydrogen (secondary N) is 1. The van der Waals surface area contributed by atoms with Crippen LogP contribution in [0.2, 0.25) is 22.9 Å². The van der Waals surface area contributed by atoms with Gasteiger partial charge in [0.05, 0.1) is 0 Å². The van der Waals surface area contributed by atoms with E-state index in [0.717, 1.165) is 28.2 Å². The minimum absolute atomic E-state index is 0.221. The molecule has 0 amide bonds.